The second kappa shape index (κ2) is 6.35. The zero-order valence-electron chi connectivity index (χ0n) is 10.2. The molecule has 1 amide bonds. The second-order valence-corrected chi connectivity index (χ2v) is 4.50. The summed E-state index contributed by atoms with van der Waals surface area (Å²) in [5.74, 6) is -0.0400. The molecule has 17 heavy (non-hydrogen) atoms. The van der Waals surface area contributed by atoms with Gasteiger partial charge in [-0.3, -0.25) is 4.79 Å². The van der Waals surface area contributed by atoms with E-state index >= 15 is 0 Å². The normalized spacial score (nSPS) is 10.0. The highest BCUT2D eigenvalue weighted by Gasteiger charge is 2.08. The molecule has 0 aliphatic heterocycles. The van der Waals surface area contributed by atoms with Crippen LogP contribution in [0.5, 0.6) is 0 Å². The van der Waals surface area contributed by atoms with Crippen molar-refractivity contribution in [3.63, 3.8) is 0 Å². The molecule has 0 bridgehead atoms. The van der Waals surface area contributed by atoms with Gasteiger partial charge < -0.3 is 11.1 Å². The predicted molar refractivity (Wildman–Crippen MR) is 75.2 cm³/mol. The molecule has 0 saturated heterocycles. The average molecular weight is 250 g/mol. The standard InChI is InChI=1S/C13H18N2OS/c1-3-10-6-4-5-9(2)13(10)15-12(16)8-7-11(14)17/h4-6H,3,7-8H2,1-2H3,(H2,14,17)(H,15,16). The third-order valence-corrected chi connectivity index (χ3v) is 2.81. The minimum absolute atomic E-state index is 0.0400. The van der Waals surface area contributed by atoms with Crippen molar-refractivity contribution in [3.8, 4) is 0 Å². The third-order valence-electron chi connectivity index (χ3n) is 2.60. The Morgan fingerprint density at radius 3 is 2.71 bits per heavy atom. The molecular formula is C13H18N2OS. The third kappa shape index (κ3) is 4.15. The molecule has 0 radical (unpaired) electrons. The number of carbonyl (C=O) groups is 1. The van der Waals surface area contributed by atoms with E-state index < -0.39 is 0 Å². The van der Waals surface area contributed by atoms with Crippen LogP contribution in [0.1, 0.15) is 30.9 Å². The number of nitrogens with two attached hydrogens (primary N) is 1. The topological polar surface area (TPSA) is 55.1 Å². The Bertz CT molecular complexity index is 429. The fraction of sp³-hybridized carbons (Fsp3) is 0.385. The zero-order valence-corrected chi connectivity index (χ0v) is 11.1. The maximum absolute atomic E-state index is 11.7. The number of hydrogen-bond acceptors (Lipinski definition) is 2. The Balaban J connectivity index is 2.73. The molecule has 0 unspecified atom stereocenters. The molecule has 0 fully saturated rings. The van der Waals surface area contributed by atoms with Gasteiger partial charge in [-0.1, -0.05) is 37.3 Å². The molecule has 0 aromatic heterocycles. The van der Waals surface area contributed by atoms with E-state index in [1.54, 1.807) is 0 Å². The number of amides is 1. The molecule has 0 aliphatic carbocycles. The van der Waals surface area contributed by atoms with Crippen LogP contribution in [0.4, 0.5) is 5.69 Å². The van der Waals surface area contributed by atoms with Crippen LogP contribution < -0.4 is 11.1 Å². The van der Waals surface area contributed by atoms with E-state index in [2.05, 4.69) is 12.2 Å². The lowest BCUT2D eigenvalue weighted by molar-refractivity contribution is -0.116. The summed E-state index contributed by atoms with van der Waals surface area (Å²) in [7, 11) is 0. The highest BCUT2D eigenvalue weighted by molar-refractivity contribution is 7.80. The van der Waals surface area contributed by atoms with E-state index in [0.29, 0.717) is 17.8 Å². The Morgan fingerprint density at radius 2 is 2.12 bits per heavy atom. The Morgan fingerprint density at radius 1 is 1.41 bits per heavy atom. The maximum Gasteiger partial charge on any atom is 0.224 e. The van der Waals surface area contributed by atoms with Gasteiger partial charge in [0.25, 0.3) is 0 Å². The minimum Gasteiger partial charge on any atom is -0.393 e. The maximum atomic E-state index is 11.7. The van der Waals surface area contributed by atoms with Gasteiger partial charge in [-0.05, 0) is 24.5 Å². The number of para-hydroxylation sites is 1. The van der Waals surface area contributed by atoms with Crippen molar-refractivity contribution >= 4 is 28.8 Å². The molecular weight excluding hydrogens is 232 g/mol. The smallest absolute Gasteiger partial charge is 0.224 e. The lowest BCUT2D eigenvalue weighted by Crippen LogP contribution is -2.17. The van der Waals surface area contributed by atoms with Crippen molar-refractivity contribution in [3.05, 3.63) is 29.3 Å². The van der Waals surface area contributed by atoms with Crippen molar-refractivity contribution in [2.45, 2.75) is 33.1 Å². The molecule has 0 heterocycles. The van der Waals surface area contributed by atoms with E-state index in [0.717, 1.165) is 23.2 Å². The van der Waals surface area contributed by atoms with Crippen molar-refractivity contribution in [2.24, 2.45) is 5.73 Å². The molecule has 0 atom stereocenters. The fourth-order valence-electron chi connectivity index (χ4n) is 1.64. The van der Waals surface area contributed by atoms with Crippen LogP contribution in [0.15, 0.2) is 18.2 Å². The Kier molecular flexibility index (Phi) is 5.10. The van der Waals surface area contributed by atoms with Crippen molar-refractivity contribution in [2.75, 3.05) is 5.32 Å². The summed E-state index contributed by atoms with van der Waals surface area (Å²) in [5, 5.41) is 2.93. The van der Waals surface area contributed by atoms with Gasteiger partial charge in [0.2, 0.25) is 5.91 Å². The summed E-state index contributed by atoms with van der Waals surface area (Å²) in [6, 6.07) is 6.01. The van der Waals surface area contributed by atoms with Crippen molar-refractivity contribution in [1.82, 2.24) is 0 Å². The highest BCUT2D eigenvalue weighted by Crippen LogP contribution is 2.21. The van der Waals surface area contributed by atoms with Crippen molar-refractivity contribution in [1.29, 1.82) is 0 Å². The van der Waals surface area contributed by atoms with Gasteiger partial charge >= 0.3 is 0 Å². The zero-order chi connectivity index (χ0) is 12.8. The van der Waals surface area contributed by atoms with Gasteiger partial charge in [-0.15, -0.1) is 0 Å². The SMILES string of the molecule is CCc1cccc(C)c1NC(=O)CCC(N)=S. The molecule has 1 aromatic rings. The summed E-state index contributed by atoms with van der Waals surface area (Å²) in [6.07, 6.45) is 1.69. The molecule has 92 valence electrons. The van der Waals surface area contributed by atoms with E-state index in [-0.39, 0.29) is 5.91 Å². The van der Waals surface area contributed by atoms with Crippen LogP contribution in [0.25, 0.3) is 0 Å². The van der Waals surface area contributed by atoms with Gasteiger partial charge in [0.15, 0.2) is 0 Å². The lowest BCUT2D eigenvalue weighted by atomic mass is 10.1. The summed E-state index contributed by atoms with van der Waals surface area (Å²) in [4.78, 5) is 12.1. The molecule has 0 aliphatic rings. The highest BCUT2D eigenvalue weighted by atomic mass is 32.1. The van der Waals surface area contributed by atoms with E-state index in [9.17, 15) is 4.79 Å². The first-order valence-corrected chi connectivity index (χ1v) is 6.12. The Hall–Kier alpha value is -1.42. The van der Waals surface area contributed by atoms with Crippen LogP contribution in [0, 0.1) is 6.92 Å². The predicted octanol–water partition coefficient (Wildman–Crippen LogP) is 2.56. The number of rotatable bonds is 5. The number of carbonyl (C=O) groups excluding carboxylic acids is 1. The number of benzene rings is 1. The molecule has 4 heteroatoms. The molecule has 0 saturated carbocycles. The summed E-state index contributed by atoms with van der Waals surface area (Å²) >= 11 is 4.75. The number of aryl methyl sites for hydroxylation is 2. The lowest BCUT2D eigenvalue weighted by Gasteiger charge is -2.12. The van der Waals surface area contributed by atoms with E-state index in [4.69, 9.17) is 18.0 Å². The van der Waals surface area contributed by atoms with Gasteiger partial charge in [0, 0.05) is 18.5 Å². The van der Waals surface area contributed by atoms with Gasteiger partial charge in [-0.25, -0.2) is 0 Å². The second-order valence-electron chi connectivity index (χ2n) is 3.98. The quantitative estimate of drug-likeness (QED) is 0.790. The average Bonchev–Trinajstić information content (AvgIpc) is 2.29. The van der Waals surface area contributed by atoms with Gasteiger partial charge in [0.05, 0.1) is 4.99 Å². The van der Waals surface area contributed by atoms with E-state index in [1.165, 1.54) is 0 Å². The number of anilines is 1. The first-order valence-electron chi connectivity index (χ1n) is 5.71. The van der Waals surface area contributed by atoms with Crippen LogP contribution in [0.2, 0.25) is 0 Å². The minimum atomic E-state index is -0.0400. The van der Waals surface area contributed by atoms with Crippen molar-refractivity contribution < 1.29 is 4.79 Å². The largest absolute Gasteiger partial charge is 0.393 e. The molecule has 0 spiro atoms. The van der Waals surface area contributed by atoms with Crippen LogP contribution in [-0.4, -0.2) is 10.9 Å². The molecule has 1 rings (SSSR count). The monoisotopic (exact) mass is 250 g/mol. The van der Waals surface area contributed by atoms with E-state index in [1.807, 2.05) is 25.1 Å². The van der Waals surface area contributed by atoms with Crippen LogP contribution in [-0.2, 0) is 11.2 Å². The number of nitrogens with one attached hydrogen (secondary N) is 1. The Labute approximate surface area is 107 Å². The van der Waals surface area contributed by atoms with Crippen LogP contribution >= 0.6 is 12.2 Å². The van der Waals surface area contributed by atoms with Gasteiger partial charge in [-0.2, -0.15) is 0 Å². The number of thiocarbonyl (C=S) groups is 1. The summed E-state index contributed by atoms with van der Waals surface area (Å²) in [6.45, 7) is 4.06. The summed E-state index contributed by atoms with van der Waals surface area (Å²) in [5.41, 5.74) is 8.51. The first kappa shape index (κ1) is 13.6. The molecule has 3 N–H and O–H groups in total. The fourth-order valence-corrected chi connectivity index (χ4v) is 1.74. The van der Waals surface area contributed by atoms with Crippen LogP contribution in [0.3, 0.4) is 0 Å². The molecule has 1 aromatic carbocycles. The van der Waals surface area contributed by atoms with Gasteiger partial charge in [0.1, 0.15) is 0 Å². The first-order chi connectivity index (χ1) is 8.04. The molecule has 3 nitrogen and oxygen atoms in total. The number of hydrogen-bond donors (Lipinski definition) is 2. The summed E-state index contributed by atoms with van der Waals surface area (Å²) < 4.78 is 0.